The fourth-order valence-corrected chi connectivity index (χ4v) is 9.75. The number of fused-ring (bicyclic) bond motifs is 5. The number of carbonyl (C=O) groups excluding carboxylic acids is 4. The van der Waals surface area contributed by atoms with Crippen LogP contribution in [0.5, 0.6) is 0 Å². The largest absolute Gasteiger partial charge is 0.456 e. The van der Waals surface area contributed by atoms with Crippen LogP contribution in [0, 0.1) is 60.8 Å². The van der Waals surface area contributed by atoms with Crippen molar-refractivity contribution in [3.8, 4) is 0 Å². The quantitative estimate of drug-likeness (QED) is 0.199. The minimum atomic E-state index is -2.20. The van der Waals surface area contributed by atoms with Crippen LogP contribution in [0.1, 0.15) is 89.0 Å². The Balaban J connectivity index is 0.00000561. The van der Waals surface area contributed by atoms with Gasteiger partial charge in [0, 0.05) is 90.5 Å². The molecule has 6 rings (SSSR count). The fourth-order valence-electron chi connectivity index (χ4n) is 8.94. The van der Waals surface area contributed by atoms with Gasteiger partial charge < -0.3 is 44.7 Å². The molecule has 13 nitrogen and oxygen atoms in total. The average molecular weight is 983 g/mol. The number of hydrogen-bond acceptors (Lipinski definition) is 13. The number of aliphatic hydroxyl groups excluding tert-OH is 2. The van der Waals surface area contributed by atoms with Crippen molar-refractivity contribution in [2.45, 2.75) is 121 Å². The predicted octanol–water partition coefficient (Wildman–Crippen LogP) is 3.78. The van der Waals surface area contributed by atoms with E-state index in [2.05, 4.69) is 5.32 Å². The smallest absolute Gasteiger partial charge is 0.408 e. The van der Waals surface area contributed by atoms with Gasteiger partial charge in [0.05, 0.1) is 24.4 Å². The Morgan fingerprint density at radius 1 is 1.04 bits per heavy atom. The van der Waals surface area contributed by atoms with E-state index in [0.29, 0.717) is 10.5 Å². The number of ketones is 1. The molecule has 0 spiro atoms. The van der Waals surface area contributed by atoms with E-state index in [1.54, 1.807) is 96.3 Å². The number of carbonyl (C=O) groups is 4. The van der Waals surface area contributed by atoms with E-state index in [0.717, 1.165) is 0 Å². The third kappa shape index (κ3) is 7.37. The van der Waals surface area contributed by atoms with Gasteiger partial charge in [0.15, 0.2) is 11.9 Å². The zero-order valence-corrected chi connectivity index (χ0v) is 37.1. The van der Waals surface area contributed by atoms with Crippen molar-refractivity contribution in [1.82, 2.24) is 5.32 Å². The molecule has 2 saturated carbocycles. The summed E-state index contributed by atoms with van der Waals surface area (Å²) in [4.78, 5) is 55.5. The number of hydrogen-bond donors (Lipinski definition) is 5. The number of rotatable bonds is 7. The molecule has 54 heavy (non-hydrogen) atoms. The number of nitrogens with one attached hydrogen (secondary N) is 1. The van der Waals surface area contributed by atoms with Gasteiger partial charge >= 0.3 is 18.0 Å². The molecule has 3 aliphatic carbocycles. The number of Topliss-reactive ketones (excluding diaryl/α,β-unsaturated/α-hetero) is 1. The van der Waals surface area contributed by atoms with Crippen LogP contribution < -0.4 is 5.32 Å². The van der Waals surface area contributed by atoms with Crippen molar-refractivity contribution in [2.24, 2.45) is 16.7 Å². The number of thiophene rings is 1. The van der Waals surface area contributed by atoms with Crippen LogP contribution in [0.15, 0.2) is 59.0 Å². The molecule has 3 fully saturated rings. The van der Waals surface area contributed by atoms with E-state index >= 15 is 0 Å². The van der Waals surface area contributed by atoms with Crippen LogP contribution in [-0.2, 0) is 28.5 Å². The first kappa shape index (κ1) is 42.9. The Morgan fingerprint density at radius 2 is 1.70 bits per heavy atom. The topological polar surface area (TPSA) is 198 Å². The summed E-state index contributed by atoms with van der Waals surface area (Å²) < 4.78 is 23.3. The predicted molar refractivity (Wildman–Crippen MR) is 191 cm³/mol. The molecular formula is C39H49AcNO12S. The van der Waals surface area contributed by atoms with Gasteiger partial charge in [-0.25, -0.2) is 14.4 Å². The summed E-state index contributed by atoms with van der Waals surface area (Å²) in [5.41, 5.74) is -7.00. The van der Waals surface area contributed by atoms with Gasteiger partial charge in [-0.2, -0.15) is 0 Å². The Morgan fingerprint density at radius 3 is 2.28 bits per heavy atom. The molecule has 15 heteroatoms. The summed E-state index contributed by atoms with van der Waals surface area (Å²) in [6.45, 7) is 11.4. The molecule has 2 bridgehead atoms. The van der Waals surface area contributed by atoms with Gasteiger partial charge in [0.1, 0.15) is 35.1 Å². The van der Waals surface area contributed by atoms with E-state index in [1.165, 1.54) is 11.3 Å². The van der Waals surface area contributed by atoms with E-state index in [1.807, 2.05) is 0 Å². The molecule has 291 valence electrons. The number of aliphatic hydroxyl groups is 4. The Labute approximate surface area is 354 Å². The summed E-state index contributed by atoms with van der Waals surface area (Å²) in [6, 6.07) is 10.2. The Hall–Kier alpha value is -2.22. The van der Waals surface area contributed by atoms with Gasteiger partial charge in [-0.15, -0.1) is 11.3 Å². The molecular weight excluding hydrogens is 933 g/mol. The summed E-state index contributed by atoms with van der Waals surface area (Å²) in [6.07, 6.45) is -8.41. The van der Waals surface area contributed by atoms with Crippen LogP contribution in [0.2, 0.25) is 0 Å². The van der Waals surface area contributed by atoms with Crippen LogP contribution in [-0.4, -0.2) is 98.2 Å². The molecule has 1 aromatic carbocycles. The van der Waals surface area contributed by atoms with E-state index in [9.17, 15) is 39.6 Å². The van der Waals surface area contributed by atoms with Gasteiger partial charge in [-0.3, -0.25) is 4.79 Å². The first-order valence-electron chi connectivity index (χ1n) is 17.8. The molecule has 4 aliphatic rings. The molecule has 1 saturated heterocycles. The molecule has 5 N–H and O–H groups in total. The summed E-state index contributed by atoms with van der Waals surface area (Å²) in [5.74, 6) is -3.62. The maximum Gasteiger partial charge on any atom is 0.408 e. The molecule has 1 radical (unpaired) electrons. The SMILES string of the molecule is CC1=C2C(=O)C[C@]3(C)[C@@H](O)C[C@H]4OC[C@@]4(O)[C@H]3[C@H](OC(=O)c3ccccc3)[C@](O)(CC1OC(=O)[C@H](O)[C@@H](NC(=O)OC(C)(C)C)c1cccs1)C2(C)C.[Ac]. The van der Waals surface area contributed by atoms with E-state index in [-0.39, 0.29) is 74.6 Å². The van der Waals surface area contributed by atoms with E-state index in [4.69, 9.17) is 18.9 Å². The molecule has 1 amide bonds. The Bertz CT molecular complexity index is 1790. The second kappa shape index (κ2) is 15.3. The van der Waals surface area contributed by atoms with Crippen LogP contribution in [0.3, 0.4) is 0 Å². The Kier molecular flexibility index (Phi) is 12.1. The zero-order valence-electron chi connectivity index (χ0n) is 31.5. The van der Waals surface area contributed by atoms with Gasteiger partial charge in [0.25, 0.3) is 0 Å². The molecule has 1 aliphatic heterocycles. The monoisotopic (exact) mass is 982 g/mol. The van der Waals surface area contributed by atoms with Gasteiger partial charge in [-0.1, -0.05) is 45.0 Å². The third-order valence-corrected chi connectivity index (χ3v) is 12.7. The van der Waals surface area contributed by atoms with Crippen LogP contribution in [0.25, 0.3) is 0 Å². The van der Waals surface area contributed by atoms with Gasteiger partial charge in [-0.05, 0) is 56.8 Å². The average Bonchev–Trinajstić information content (AvgIpc) is 3.60. The zero-order chi connectivity index (χ0) is 38.9. The normalized spacial score (nSPS) is 33.9. The molecule has 1 unspecified atom stereocenters. The second-order valence-corrected chi connectivity index (χ2v) is 17.6. The van der Waals surface area contributed by atoms with Crippen molar-refractivity contribution in [2.75, 3.05) is 6.61 Å². The molecule has 10 atom stereocenters. The third-order valence-electron chi connectivity index (χ3n) is 11.8. The number of alkyl carbamates (subject to hydrolysis) is 1. The first-order chi connectivity index (χ1) is 24.6. The summed E-state index contributed by atoms with van der Waals surface area (Å²) in [5, 5.41) is 52.8. The minimum absolute atomic E-state index is 0. The maximum atomic E-state index is 14.5. The number of amides is 1. The molecule has 1 aromatic heterocycles. The number of benzene rings is 1. The fraction of sp³-hybridized carbons (Fsp3) is 0.590. The number of esters is 2. The van der Waals surface area contributed by atoms with Crippen molar-refractivity contribution >= 4 is 35.2 Å². The molecule has 2 aromatic rings. The van der Waals surface area contributed by atoms with Crippen molar-refractivity contribution in [3.05, 3.63) is 69.4 Å². The standard InChI is InChI=1S/C39H49NO12S.Ac/c1-20-23(50-33(45)29(43)28(24-14-11-15-53-24)40-34(46)52-35(2,3)4)18-39(48)31(51-32(44)21-12-9-8-10-13-21)30-37(7,17-22(41)27(20)36(39,5)6)25(42)16-26-38(30,47)19-49-26;/h8-15,23,25-26,28-31,42-43,47-48H,16-19H2,1-7H3,(H,40,46);/t23?,25-,26+,28-,29+,30-,31-,37+,38-,39+;/m0./s1. The summed E-state index contributed by atoms with van der Waals surface area (Å²) in [7, 11) is 0. The first-order valence-corrected chi connectivity index (χ1v) is 18.7. The minimum Gasteiger partial charge on any atom is -0.456 e. The van der Waals surface area contributed by atoms with Crippen LogP contribution >= 0.6 is 11.3 Å². The van der Waals surface area contributed by atoms with Crippen molar-refractivity contribution in [3.63, 3.8) is 0 Å². The van der Waals surface area contributed by atoms with Crippen molar-refractivity contribution < 1.29 is 103 Å². The second-order valence-electron chi connectivity index (χ2n) is 16.6. The van der Waals surface area contributed by atoms with Crippen molar-refractivity contribution in [1.29, 1.82) is 0 Å². The van der Waals surface area contributed by atoms with Crippen LogP contribution in [0.4, 0.5) is 4.79 Å². The molecule has 2 heterocycles. The van der Waals surface area contributed by atoms with E-state index < -0.39 is 100 Å². The maximum absolute atomic E-state index is 14.5. The van der Waals surface area contributed by atoms with Gasteiger partial charge in [0.2, 0.25) is 0 Å². The number of ether oxygens (including phenoxy) is 4. The summed E-state index contributed by atoms with van der Waals surface area (Å²) >= 11 is 1.19.